The maximum Gasteiger partial charge on any atom is 0.423 e. The smallest absolute Gasteiger partial charge is 0.423 e. The van der Waals surface area contributed by atoms with Crippen molar-refractivity contribution in [1.29, 1.82) is 0 Å². The molecule has 11 heteroatoms. The standard InChI is InChI=1S/C25H28F3N3O4S/c1-4-14-36(32,33)21-12-10-20(11-13-21)30-24-29-15-22(25(26,27)28)23(31-24)35-18(3)17(2)34-16-19-8-6-5-7-9-19/h5-13,15,17-18H,4,14,16H2,1-3H3,(H,29,30,31)/t17-,18-/m1/s1. The Kier molecular flexibility index (Phi) is 8.91. The van der Waals surface area contributed by atoms with Gasteiger partial charge in [0.25, 0.3) is 0 Å². The predicted molar refractivity (Wildman–Crippen MR) is 130 cm³/mol. The van der Waals surface area contributed by atoms with Crippen molar-refractivity contribution in [2.24, 2.45) is 0 Å². The summed E-state index contributed by atoms with van der Waals surface area (Å²) in [6.07, 6.45) is -4.88. The molecule has 1 N–H and O–H groups in total. The summed E-state index contributed by atoms with van der Waals surface area (Å²) in [5, 5.41) is 2.79. The minimum atomic E-state index is -4.73. The number of aromatic nitrogens is 2. The van der Waals surface area contributed by atoms with Crippen LogP contribution in [0.25, 0.3) is 0 Å². The van der Waals surface area contributed by atoms with Crippen molar-refractivity contribution in [3.05, 3.63) is 71.9 Å². The first kappa shape index (κ1) is 27.4. The lowest BCUT2D eigenvalue weighted by Crippen LogP contribution is -2.30. The Hall–Kier alpha value is -3.18. The van der Waals surface area contributed by atoms with Crippen molar-refractivity contribution in [1.82, 2.24) is 9.97 Å². The zero-order valence-corrected chi connectivity index (χ0v) is 20.9. The summed E-state index contributed by atoms with van der Waals surface area (Å²) in [5.41, 5.74) is 0.217. The predicted octanol–water partition coefficient (Wildman–Crippen LogP) is 5.80. The molecule has 194 valence electrons. The Balaban J connectivity index is 1.75. The van der Waals surface area contributed by atoms with Crippen LogP contribution in [0.5, 0.6) is 5.88 Å². The van der Waals surface area contributed by atoms with E-state index in [1.165, 1.54) is 24.3 Å². The maximum absolute atomic E-state index is 13.6. The minimum Gasteiger partial charge on any atom is -0.471 e. The van der Waals surface area contributed by atoms with Crippen molar-refractivity contribution < 1.29 is 31.1 Å². The van der Waals surface area contributed by atoms with Gasteiger partial charge in [-0.2, -0.15) is 18.2 Å². The number of nitrogens with zero attached hydrogens (tertiary/aromatic N) is 2. The molecule has 0 unspecified atom stereocenters. The van der Waals surface area contributed by atoms with E-state index >= 15 is 0 Å². The van der Waals surface area contributed by atoms with Gasteiger partial charge in [-0.3, -0.25) is 0 Å². The molecule has 0 fully saturated rings. The molecule has 0 bridgehead atoms. The number of benzene rings is 2. The molecular formula is C25H28F3N3O4S. The highest BCUT2D eigenvalue weighted by molar-refractivity contribution is 7.91. The molecule has 0 aliphatic rings. The molecule has 0 saturated carbocycles. The van der Waals surface area contributed by atoms with E-state index in [0.29, 0.717) is 18.3 Å². The molecule has 3 aromatic rings. The summed E-state index contributed by atoms with van der Waals surface area (Å²) in [4.78, 5) is 7.85. The maximum atomic E-state index is 13.6. The Morgan fingerprint density at radius 2 is 1.67 bits per heavy atom. The number of rotatable bonds is 11. The van der Waals surface area contributed by atoms with E-state index in [9.17, 15) is 21.6 Å². The topological polar surface area (TPSA) is 90.4 Å². The van der Waals surface area contributed by atoms with Crippen LogP contribution in [0.1, 0.15) is 38.3 Å². The first-order valence-electron chi connectivity index (χ1n) is 11.4. The second-order valence-electron chi connectivity index (χ2n) is 8.20. The van der Waals surface area contributed by atoms with Gasteiger partial charge in [-0.15, -0.1) is 0 Å². The molecule has 0 saturated heterocycles. The first-order chi connectivity index (χ1) is 17.0. The zero-order chi connectivity index (χ0) is 26.3. The molecule has 0 spiro atoms. The molecular weight excluding hydrogens is 495 g/mol. The van der Waals surface area contributed by atoms with Crippen LogP contribution in [0.15, 0.2) is 65.7 Å². The molecule has 0 amide bonds. The van der Waals surface area contributed by atoms with E-state index in [-0.39, 0.29) is 23.2 Å². The van der Waals surface area contributed by atoms with Gasteiger partial charge in [-0.25, -0.2) is 13.4 Å². The third-order valence-corrected chi connectivity index (χ3v) is 7.25. The van der Waals surface area contributed by atoms with Crippen LogP contribution in [-0.2, 0) is 27.4 Å². The number of nitrogens with one attached hydrogen (secondary N) is 1. The lowest BCUT2D eigenvalue weighted by molar-refractivity contribution is -0.140. The largest absolute Gasteiger partial charge is 0.471 e. The van der Waals surface area contributed by atoms with Crippen molar-refractivity contribution in [3.63, 3.8) is 0 Å². The number of ether oxygens (including phenoxy) is 2. The van der Waals surface area contributed by atoms with Crippen LogP contribution in [0.4, 0.5) is 24.8 Å². The van der Waals surface area contributed by atoms with Crippen molar-refractivity contribution in [2.75, 3.05) is 11.1 Å². The van der Waals surface area contributed by atoms with Gasteiger partial charge in [-0.05, 0) is 50.1 Å². The normalized spacial score (nSPS) is 13.7. The van der Waals surface area contributed by atoms with Crippen LogP contribution in [0.3, 0.4) is 0 Å². The highest BCUT2D eigenvalue weighted by Gasteiger charge is 2.37. The van der Waals surface area contributed by atoms with E-state index in [1.54, 1.807) is 20.8 Å². The Morgan fingerprint density at radius 3 is 2.28 bits per heavy atom. The average molecular weight is 524 g/mol. The number of alkyl halides is 3. The third kappa shape index (κ3) is 7.41. The molecule has 3 rings (SSSR count). The van der Waals surface area contributed by atoms with Crippen molar-refractivity contribution in [3.8, 4) is 5.88 Å². The number of hydrogen-bond donors (Lipinski definition) is 1. The van der Waals surface area contributed by atoms with Crippen LogP contribution >= 0.6 is 0 Å². The van der Waals surface area contributed by atoms with Gasteiger partial charge in [0.2, 0.25) is 11.8 Å². The highest BCUT2D eigenvalue weighted by Crippen LogP contribution is 2.36. The fraction of sp³-hybridized carbons (Fsp3) is 0.360. The molecule has 7 nitrogen and oxygen atoms in total. The Morgan fingerprint density at radius 1 is 1.00 bits per heavy atom. The quantitative estimate of drug-likeness (QED) is 0.340. The molecule has 2 atom stereocenters. The number of sulfone groups is 1. The highest BCUT2D eigenvalue weighted by atomic mass is 32.2. The van der Waals surface area contributed by atoms with E-state index in [2.05, 4.69) is 15.3 Å². The fourth-order valence-corrected chi connectivity index (χ4v) is 4.51. The van der Waals surface area contributed by atoms with Crippen LogP contribution in [-0.4, -0.2) is 36.3 Å². The summed E-state index contributed by atoms with van der Waals surface area (Å²) in [6.45, 7) is 5.35. The summed E-state index contributed by atoms with van der Waals surface area (Å²) in [5.74, 6) is -0.745. The number of anilines is 2. The summed E-state index contributed by atoms with van der Waals surface area (Å²) >= 11 is 0. The van der Waals surface area contributed by atoms with Gasteiger partial charge in [0.05, 0.1) is 23.4 Å². The van der Waals surface area contributed by atoms with Crippen molar-refractivity contribution >= 4 is 21.5 Å². The van der Waals surface area contributed by atoms with Gasteiger partial charge in [0.15, 0.2) is 9.84 Å². The van der Waals surface area contributed by atoms with Crippen LogP contribution < -0.4 is 10.1 Å². The van der Waals surface area contributed by atoms with Gasteiger partial charge in [0, 0.05) is 11.9 Å². The van der Waals surface area contributed by atoms with E-state index < -0.39 is 39.7 Å². The van der Waals surface area contributed by atoms with Gasteiger partial charge in [-0.1, -0.05) is 37.3 Å². The molecule has 0 aliphatic carbocycles. The monoisotopic (exact) mass is 523 g/mol. The average Bonchev–Trinajstić information content (AvgIpc) is 2.83. The Bertz CT molecular complexity index is 1240. The van der Waals surface area contributed by atoms with Gasteiger partial charge < -0.3 is 14.8 Å². The van der Waals surface area contributed by atoms with E-state index in [0.717, 1.165) is 5.56 Å². The van der Waals surface area contributed by atoms with Gasteiger partial charge >= 0.3 is 6.18 Å². The van der Waals surface area contributed by atoms with E-state index in [1.807, 2.05) is 30.3 Å². The first-order valence-corrected chi connectivity index (χ1v) is 13.0. The van der Waals surface area contributed by atoms with Gasteiger partial charge in [0.1, 0.15) is 11.7 Å². The summed E-state index contributed by atoms with van der Waals surface area (Å²) in [7, 11) is -3.39. The molecule has 1 heterocycles. The number of hydrogen-bond acceptors (Lipinski definition) is 7. The lowest BCUT2D eigenvalue weighted by atomic mass is 10.2. The number of halogens is 3. The molecule has 2 aromatic carbocycles. The summed E-state index contributed by atoms with van der Waals surface area (Å²) < 4.78 is 76.4. The minimum absolute atomic E-state index is 0.0220. The Labute approximate surface area is 208 Å². The van der Waals surface area contributed by atoms with Crippen molar-refractivity contribution in [2.45, 2.75) is 57.1 Å². The lowest BCUT2D eigenvalue weighted by Gasteiger charge is -2.23. The SMILES string of the molecule is CCCS(=O)(=O)c1ccc(Nc2ncc(C(F)(F)F)c(O[C@H](C)[C@@H](C)OCc3ccccc3)n2)cc1. The molecule has 0 aliphatic heterocycles. The van der Waals surface area contributed by atoms with Crippen LogP contribution in [0.2, 0.25) is 0 Å². The molecule has 1 aromatic heterocycles. The summed E-state index contributed by atoms with van der Waals surface area (Å²) in [6, 6.07) is 15.2. The van der Waals surface area contributed by atoms with Crippen LogP contribution in [0, 0.1) is 0 Å². The second kappa shape index (κ2) is 11.7. The molecule has 0 radical (unpaired) electrons. The zero-order valence-electron chi connectivity index (χ0n) is 20.1. The fourth-order valence-electron chi connectivity index (χ4n) is 3.18. The third-order valence-electron chi connectivity index (χ3n) is 5.32. The van der Waals surface area contributed by atoms with E-state index in [4.69, 9.17) is 9.47 Å². The second-order valence-corrected chi connectivity index (χ2v) is 10.3. The molecule has 36 heavy (non-hydrogen) atoms.